The topological polar surface area (TPSA) is 105 Å². The summed E-state index contributed by atoms with van der Waals surface area (Å²) in [5, 5.41) is 8.61. The average Bonchev–Trinajstić information content (AvgIpc) is 3.06. The number of fused-ring (bicyclic) bond motifs is 2. The van der Waals surface area contributed by atoms with Crippen LogP contribution in [-0.4, -0.2) is 33.3 Å². The standard InChI is InChI=1S/C25H29N5O3/c1-15(2)14-20(23-27-18-10-6-7-11-21(18)30(23)3)26-22(31)13-12-19-25(33)28-17-9-5-4-8-16(17)24(32)29-19/h4-11,15,19-20H,12-14H2,1-3H3,(H,26,31)(H,28,33)(H,29,32)/t19?,20-/m0/s1. The van der Waals surface area contributed by atoms with E-state index in [0.717, 1.165) is 23.3 Å². The van der Waals surface area contributed by atoms with Gasteiger partial charge in [0, 0.05) is 13.5 Å². The molecule has 2 aromatic carbocycles. The number of nitrogens with one attached hydrogen (secondary N) is 3. The fraction of sp³-hybridized carbons (Fsp3) is 0.360. The lowest BCUT2D eigenvalue weighted by atomic mass is 10.0. The summed E-state index contributed by atoms with van der Waals surface area (Å²) < 4.78 is 2.01. The monoisotopic (exact) mass is 447 g/mol. The quantitative estimate of drug-likeness (QED) is 0.517. The molecule has 8 nitrogen and oxygen atoms in total. The highest BCUT2D eigenvalue weighted by Gasteiger charge is 2.28. The van der Waals surface area contributed by atoms with Crippen LogP contribution in [0, 0.1) is 5.92 Å². The number of aryl methyl sites for hydroxylation is 1. The van der Waals surface area contributed by atoms with Crippen molar-refractivity contribution < 1.29 is 14.4 Å². The normalized spacial score (nSPS) is 16.7. The number of nitrogens with zero attached hydrogens (tertiary/aromatic N) is 2. The Labute approximate surface area is 192 Å². The molecule has 2 atom stereocenters. The molecule has 3 amide bonds. The van der Waals surface area contributed by atoms with Gasteiger partial charge < -0.3 is 20.5 Å². The fourth-order valence-electron chi connectivity index (χ4n) is 4.23. The zero-order valence-corrected chi connectivity index (χ0v) is 19.1. The zero-order chi connectivity index (χ0) is 23.5. The molecule has 0 spiro atoms. The smallest absolute Gasteiger partial charge is 0.254 e. The maximum Gasteiger partial charge on any atom is 0.254 e. The van der Waals surface area contributed by atoms with Crippen LogP contribution in [-0.2, 0) is 16.6 Å². The van der Waals surface area contributed by atoms with Gasteiger partial charge in [0.05, 0.1) is 28.3 Å². The maximum atomic E-state index is 12.9. The van der Waals surface area contributed by atoms with E-state index < -0.39 is 6.04 Å². The van der Waals surface area contributed by atoms with Gasteiger partial charge in [-0.1, -0.05) is 38.1 Å². The van der Waals surface area contributed by atoms with Gasteiger partial charge in [0.25, 0.3) is 5.91 Å². The Morgan fingerprint density at radius 2 is 1.85 bits per heavy atom. The third kappa shape index (κ3) is 4.89. The molecular formula is C25H29N5O3. The van der Waals surface area contributed by atoms with E-state index in [1.165, 1.54) is 0 Å². The molecule has 1 aromatic heterocycles. The van der Waals surface area contributed by atoms with E-state index >= 15 is 0 Å². The lowest BCUT2D eigenvalue weighted by molar-refractivity contribution is -0.122. The van der Waals surface area contributed by atoms with E-state index in [0.29, 0.717) is 17.2 Å². The van der Waals surface area contributed by atoms with Crippen LogP contribution in [0.1, 0.15) is 55.3 Å². The molecule has 4 rings (SSSR count). The van der Waals surface area contributed by atoms with Gasteiger partial charge in [-0.15, -0.1) is 0 Å². The summed E-state index contributed by atoms with van der Waals surface area (Å²) >= 11 is 0. The van der Waals surface area contributed by atoms with Gasteiger partial charge >= 0.3 is 0 Å². The molecule has 0 saturated heterocycles. The summed E-state index contributed by atoms with van der Waals surface area (Å²) in [7, 11) is 1.95. The molecule has 8 heteroatoms. The van der Waals surface area contributed by atoms with Crippen molar-refractivity contribution in [2.45, 2.75) is 45.2 Å². The van der Waals surface area contributed by atoms with E-state index in [4.69, 9.17) is 4.98 Å². The summed E-state index contributed by atoms with van der Waals surface area (Å²) in [6, 6.07) is 13.7. The van der Waals surface area contributed by atoms with Gasteiger partial charge in [-0.3, -0.25) is 14.4 Å². The Hall–Kier alpha value is -3.68. The van der Waals surface area contributed by atoms with Crippen LogP contribution >= 0.6 is 0 Å². The van der Waals surface area contributed by atoms with Gasteiger partial charge in [-0.05, 0) is 43.0 Å². The van der Waals surface area contributed by atoms with Crippen molar-refractivity contribution in [2.75, 3.05) is 5.32 Å². The molecule has 3 aromatic rings. The molecule has 1 unspecified atom stereocenters. The highest BCUT2D eigenvalue weighted by molar-refractivity contribution is 6.09. The molecule has 0 aliphatic carbocycles. The zero-order valence-electron chi connectivity index (χ0n) is 19.1. The number of hydrogen-bond acceptors (Lipinski definition) is 4. The molecular weight excluding hydrogens is 418 g/mol. The highest BCUT2D eigenvalue weighted by Crippen LogP contribution is 2.25. The largest absolute Gasteiger partial charge is 0.346 e. The first-order valence-electron chi connectivity index (χ1n) is 11.2. The number of hydrogen-bond donors (Lipinski definition) is 3. The molecule has 2 heterocycles. The summed E-state index contributed by atoms with van der Waals surface area (Å²) in [6.07, 6.45) is 1.04. The van der Waals surface area contributed by atoms with Crippen LogP contribution in [0.4, 0.5) is 5.69 Å². The molecule has 0 bridgehead atoms. The first-order chi connectivity index (χ1) is 15.8. The number of carbonyl (C=O) groups is 3. The number of rotatable bonds is 7. The van der Waals surface area contributed by atoms with Crippen molar-refractivity contribution in [3.63, 3.8) is 0 Å². The second-order valence-electron chi connectivity index (χ2n) is 8.87. The van der Waals surface area contributed by atoms with Crippen molar-refractivity contribution in [1.29, 1.82) is 0 Å². The number of amides is 3. The Morgan fingerprint density at radius 1 is 1.12 bits per heavy atom. The van der Waals surface area contributed by atoms with Crippen LogP contribution in [0.2, 0.25) is 0 Å². The van der Waals surface area contributed by atoms with Gasteiger partial charge in [-0.25, -0.2) is 4.98 Å². The second kappa shape index (κ2) is 9.44. The molecule has 172 valence electrons. The van der Waals surface area contributed by atoms with Crippen molar-refractivity contribution in [2.24, 2.45) is 13.0 Å². The number of carbonyl (C=O) groups excluding carboxylic acids is 3. The molecule has 1 aliphatic rings. The third-order valence-corrected chi connectivity index (χ3v) is 5.89. The average molecular weight is 448 g/mol. The molecule has 33 heavy (non-hydrogen) atoms. The lowest BCUT2D eigenvalue weighted by Crippen LogP contribution is -2.42. The van der Waals surface area contributed by atoms with E-state index in [1.54, 1.807) is 24.3 Å². The number of para-hydroxylation sites is 3. The van der Waals surface area contributed by atoms with Gasteiger partial charge in [-0.2, -0.15) is 0 Å². The van der Waals surface area contributed by atoms with E-state index in [9.17, 15) is 14.4 Å². The van der Waals surface area contributed by atoms with Gasteiger partial charge in [0.15, 0.2) is 0 Å². The van der Waals surface area contributed by atoms with Gasteiger partial charge in [0.2, 0.25) is 11.8 Å². The number of benzene rings is 2. The summed E-state index contributed by atoms with van der Waals surface area (Å²) in [6.45, 7) is 4.20. The molecule has 1 aliphatic heterocycles. The van der Waals surface area contributed by atoms with Crippen molar-refractivity contribution in [3.05, 3.63) is 59.9 Å². The van der Waals surface area contributed by atoms with Crippen LogP contribution in [0.3, 0.4) is 0 Å². The number of aromatic nitrogens is 2. The van der Waals surface area contributed by atoms with Crippen LogP contribution < -0.4 is 16.0 Å². The minimum absolute atomic E-state index is 0.104. The first kappa shape index (κ1) is 22.5. The Morgan fingerprint density at radius 3 is 2.61 bits per heavy atom. The van der Waals surface area contributed by atoms with Crippen molar-refractivity contribution >= 4 is 34.4 Å². The molecule has 0 radical (unpaired) electrons. The van der Waals surface area contributed by atoms with E-state index in [2.05, 4.69) is 29.8 Å². The van der Waals surface area contributed by atoms with Crippen LogP contribution in [0.5, 0.6) is 0 Å². The fourth-order valence-corrected chi connectivity index (χ4v) is 4.23. The Kier molecular flexibility index (Phi) is 6.44. The maximum absolute atomic E-state index is 12.9. The SMILES string of the molecule is CC(C)C[C@H](NC(=O)CCC1NC(=O)c2ccccc2NC1=O)c1nc2ccccc2n1C. The molecule has 3 N–H and O–H groups in total. The van der Waals surface area contributed by atoms with Gasteiger partial charge in [0.1, 0.15) is 11.9 Å². The Bertz CT molecular complexity index is 1200. The van der Waals surface area contributed by atoms with Crippen molar-refractivity contribution in [1.82, 2.24) is 20.2 Å². The minimum atomic E-state index is -0.782. The summed E-state index contributed by atoms with van der Waals surface area (Å²) in [4.78, 5) is 42.7. The molecule has 0 saturated carbocycles. The first-order valence-corrected chi connectivity index (χ1v) is 11.2. The summed E-state index contributed by atoms with van der Waals surface area (Å²) in [5.41, 5.74) is 2.78. The van der Waals surface area contributed by atoms with E-state index in [1.807, 2.05) is 35.9 Å². The third-order valence-electron chi connectivity index (χ3n) is 5.89. The lowest BCUT2D eigenvalue weighted by Gasteiger charge is -2.21. The highest BCUT2D eigenvalue weighted by atomic mass is 16.2. The van der Waals surface area contributed by atoms with Crippen LogP contribution in [0.15, 0.2) is 48.5 Å². The number of anilines is 1. The van der Waals surface area contributed by atoms with E-state index in [-0.39, 0.29) is 36.6 Å². The minimum Gasteiger partial charge on any atom is -0.346 e. The summed E-state index contributed by atoms with van der Waals surface area (Å²) in [5.74, 6) is 0.313. The predicted molar refractivity (Wildman–Crippen MR) is 127 cm³/mol. The number of imidazole rings is 1. The van der Waals surface area contributed by atoms with Crippen molar-refractivity contribution in [3.8, 4) is 0 Å². The predicted octanol–water partition coefficient (Wildman–Crippen LogP) is 3.31. The Balaban J connectivity index is 1.44. The molecule has 0 fully saturated rings. The second-order valence-corrected chi connectivity index (χ2v) is 8.87. The van der Waals surface area contributed by atoms with Crippen LogP contribution in [0.25, 0.3) is 11.0 Å².